The highest BCUT2D eigenvalue weighted by Crippen LogP contribution is 2.28. The summed E-state index contributed by atoms with van der Waals surface area (Å²) in [5.74, 6) is -1.72. The molecule has 0 aromatic heterocycles. The Morgan fingerprint density at radius 3 is 2.72 bits per heavy atom. The highest BCUT2D eigenvalue weighted by atomic mass is 35.5. The van der Waals surface area contributed by atoms with E-state index in [0.29, 0.717) is 16.9 Å². The van der Waals surface area contributed by atoms with Gasteiger partial charge < -0.3 is 9.84 Å². The van der Waals surface area contributed by atoms with Crippen LogP contribution in [0.5, 0.6) is 5.75 Å². The first-order chi connectivity index (χ1) is 13.8. The van der Waals surface area contributed by atoms with Gasteiger partial charge in [-0.15, -0.1) is 0 Å². The first-order valence-electron chi connectivity index (χ1n) is 8.36. The van der Waals surface area contributed by atoms with Crippen molar-refractivity contribution in [2.24, 2.45) is 0 Å². The minimum absolute atomic E-state index is 0.0471. The number of hydrogen-bond donors (Lipinski definition) is 2. The van der Waals surface area contributed by atoms with Crippen LogP contribution in [0.3, 0.4) is 0 Å². The van der Waals surface area contributed by atoms with Gasteiger partial charge in [0.2, 0.25) is 0 Å². The molecule has 148 valence electrons. The summed E-state index contributed by atoms with van der Waals surface area (Å²) >= 11 is 11.2. The van der Waals surface area contributed by atoms with Gasteiger partial charge in [0, 0.05) is 7.05 Å². The highest BCUT2D eigenvalue weighted by molar-refractivity contribution is 7.80. The zero-order valence-electron chi connectivity index (χ0n) is 15.1. The number of nitrogens with zero attached hydrogens (tertiary/aromatic N) is 1. The molecular weight excluding hydrogens is 416 g/mol. The van der Waals surface area contributed by atoms with E-state index in [2.05, 4.69) is 5.32 Å². The van der Waals surface area contributed by atoms with Crippen LogP contribution in [0.1, 0.15) is 21.5 Å². The standard InChI is InChI=1S/C20H15ClN2O5S/c1-23-18(25)14(17(24)22-20(23)29)8-11-5-6-16(15(21)9-11)28-10-12-3-2-4-13(7-12)19(26)27/h2-9H,10H2,1H3,(H,26,27)(H,22,24,29). The number of aromatic carboxylic acids is 1. The van der Waals surface area contributed by atoms with Crippen molar-refractivity contribution >= 4 is 52.8 Å². The number of carbonyl (C=O) groups excluding carboxylic acids is 2. The van der Waals surface area contributed by atoms with Crippen molar-refractivity contribution in [2.45, 2.75) is 6.61 Å². The molecule has 1 fully saturated rings. The first kappa shape index (κ1) is 20.5. The van der Waals surface area contributed by atoms with Crippen LogP contribution in [0.25, 0.3) is 6.08 Å². The zero-order chi connectivity index (χ0) is 21.1. The molecule has 1 aliphatic heterocycles. The van der Waals surface area contributed by atoms with Gasteiger partial charge in [-0.25, -0.2) is 4.79 Å². The van der Waals surface area contributed by atoms with E-state index in [0.717, 1.165) is 0 Å². The number of benzene rings is 2. The fourth-order valence-corrected chi connectivity index (χ4v) is 3.01. The van der Waals surface area contributed by atoms with Crippen molar-refractivity contribution in [3.63, 3.8) is 0 Å². The van der Waals surface area contributed by atoms with E-state index in [9.17, 15) is 14.4 Å². The van der Waals surface area contributed by atoms with E-state index < -0.39 is 17.8 Å². The van der Waals surface area contributed by atoms with Crippen molar-refractivity contribution in [1.29, 1.82) is 0 Å². The Kier molecular flexibility index (Phi) is 5.95. The molecule has 9 heteroatoms. The van der Waals surface area contributed by atoms with Crippen LogP contribution in [-0.2, 0) is 16.2 Å². The minimum Gasteiger partial charge on any atom is -0.487 e. The maximum absolute atomic E-state index is 12.2. The zero-order valence-corrected chi connectivity index (χ0v) is 16.7. The van der Waals surface area contributed by atoms with Gasteiger partial charge in [-0.3, -0.25) is 19.8 Å². The smallest absolute Gasteiger partial charge is 0.335 e. The lowest BCUT2D eigenvalue weighted by molar-refractivity contribution is -0.128. The molecule has 2 aromatic carbocycles. The molecule has 2 N–H and O–H groups in total. The molecule has 1 saturated heterocycles. The SMILES string of the molecule is CN1C(=O)C(=Cc2ccc(OCc3cccc(C(=O)O)c3)c(Cl)c2)C(=O)NC1=S. The molecule has 3 rings (SSSR count). The van der Waals surface area contributed by atoms with Crippen molar-refractivity contribution in [2.75, 3.05) is 7.05 Å². The van der Waals surface area contributed by atoms with Crippen molar-refractivity contribution < 1.29 is 24.2 Å². The average molecular weight is 431 g/mol. The number of carboxylic acid groups (broad SMARTS) is 1. The molecule has 1 heterocycles. The predicted octanol–water partition coefficient (Wildman–Crippen LogP) is 2.87. The molecule has 0 spiro atoms. The molecule has 2 amide bonds. The topological polar surface area (TPSA) is 95.9 Å². The van der Waals surface area contributed by atoms with Crippen LogP contribution >= 0.6 is 23.8 Å². The highest BCUT2D eigenvalue weighted by Gasteiger charge is 2.30. The van der Waals surface area contributed by atoms with Crippen LogP contribution in [0.2, 0.25) is 5.02 Å². The summed E-state index contributed by atoms with van der Waals surface area (Å²) in [6.07, 6.45) is 1.42. The Balaban J connectivity index is 1.76. The third-order valence-corrected chi connectivity index (χ3v) is 4.81. The molecule has 29 heavy (non-hydrogen) atoms. The third kappa shape index (κ3) is 4.61. The van der Waals surface area contributed by atoms with Gasteiger partial charge in [-0.1, -0.05) is 29.8 Å². The second-order valence-corrected chi connectivity index (χ2v) is 6.96. The van der Waals surface area contributed by atoms with Gasteiger partial charge in [0.15, 0.2) is 5.11 Å². The monoisotopic (exact) mass is 430 g/mol. The third-order valence-electron chi connectivity index (χ3n) is 4.14. The van der Waals surface area contributed by atoms with Crippen molar-refractivity contribution in [3.8, 4) is 5.75 Å². The molecule has 2 aromatic rings. The molecular formula is C20H15ClN2O5S. The summed E-state index contributed by atoms with van der Waals surface area (Å²) in [6.45, 7) is 0.129. The molecule has 0 aliphatic carbocycles. The van der Waals surface area contributed by atoms with Gasteiger partial charge in [0.25, 0.3) is 11.8 Å². The summed E-state index contributed by atoms with van der Waals surface area (Å²) in [5.41, 5.74) is 1.32. The normalized spacial score (nSPS) is 15.4. The number of carbonyl (C=O) groups is 3. The fourth-order valence-electron chi connectivity index (χ4n) is 2.59. The number of halogens is 1. The second-order valence-electron chi connectivity index (χ2n) is 6.17. The summed E-state index contributed by atoms with van der Waals surface area (Å²) < 4.78 is 5.66. The number of thiocarbonyl (C=S) groups is 1. The maximum Gasteiger partial charge on any atom is 0.335 e. The number of hydrogen-bond acceptors (Lipinski definition) is 5. The number of nitrogens with one attached hydrogen (secondary N) is 1. The summed E-state index contributed by atoms with van der Waals surface area (Å²) in [4.78, 5) is 36.5. The fraction of sp³-hybridized carbons (Fsp3) is 0.100. The second kappa shape index (κ2) is 8.42. The van der Waals surface area contributed by atoms with E-state index in [1.807, 2.05) is 0 Å². The number of ether oxygens (including phenoxy) is 1. The molecule has 0 radical (unpaired) electrons. The van der Waals surface area contributed by atoms with Crippen LogP contribution in [-0.4, -0.2) is 40.0 Å². The van der Waals surface area contributed by atoms with Gasteiger partial charge >= 0.3 is 5.97 Å². The van der Waals surface area contributed by atoms with Crippen LogP contribution in [0.15, 0.2) is 48.0 Å². The summed E-state index contributed by atoms with van der Waals surface area (Å²) in [7, 11) is 1.47. The Labute approximate surface area is 176 Å². The number of rotatable bonds is 5. The van der Waals surface area contributed by atoms with E-state index >= 15 is 0 Å². The molecule has 0 atom stereocenters. The quantitative estimate of drug-likeness (QED) is 0.430. The summed E-state index contributed by atoms with van der Waals surface area (Å²) in [6, 6.07) is 11.2. The van der Waals surface area contributed by atoms with Gasteiger partial charge in [0.05, 0.1) is 10.6 Å². The minimum atomic E-state index is -1.02. The lowest BCUT2D eigenvalue weighted by Gasteiger charge is -2.25. The van der Waals surface area contributed by atoms with E-state index in [4.69, 9.17) is 33.7 Å². The van der Waals surface area contributed by atoms with Gasteiger partial charge in [-0.2, -0.15) is 0 Å². The number of likely N-dealkylation sites (N-methyl/N-ethyl adjacent to an activating group) is 1. The van der Waals surface area contributed by atoms with Crippen LogP contribution < -0.4 is 10.1 Å². The lowest BCUT2D eigenvalue weighted by atomic mass is 10.1. The molecule has 0 saturated carbocycles. The van der Waals surface area contributed by atoms with Crippen molar-refractivity contribution in [3.05, 3.63) is 69.8 Å². The Hall–Kier alpha value is -3.23. The molecule has 1 aliphatic rings. The Bertz CT molecular complexity index is 1070. The van der Waals surface area contributed by atoms with Crippen LogP contribution in [0.4, 0.5) is 0 Å². The molecule has 0 bridgehead atoms. The van der Waals surface area contributed by atoms with Crippen molar-refractivity contribution in [1.82, 2.24) is 10.2 Å². The largest absolute Gasteiger partial charge is 0.487 e. The van der Waals surface area contributed by atoms with E-state index in [1.165, 1.54) is 30.2 Å². The van der Waals surface area contributed by atoms with Crippen LogP contribution in [0, 0.1) is 0 Å². The molecule has 0 unspecified atom stereocenters. The number of carboxylic acids is 1. The number of amides is 2. The Morgan fingerprint density at radius 1 is 1.28 bits per heavy atom. The average Bonchev–Trinajstić information content (AvgIpc) is 2.69. The summed E-state index contributed by atoms with van der Waals surface area (Å²) in [5, 5.41) is 11.8. The lowest BCUT2D eigenvalue weighted by Crippen LogP contribution is -2.52. The predicted molar refractivity (Wildman–Crippen MR) is 111 cm³/mol. The van der Waals surface area contributed by atoms with Gasteiger partial charge in [0.1, 0.15) is 17.9 Å². The molecule has 7 nitrogen and oxygen atoms in total. The Morgan fingerprint density at radius 2 is 2.03 bits per heavy atom. The van der Waals surface area contributed by atoms with E-state index in [1.54, 1.807) is 30.3 Å². The maximum atomic E-state index is 12.2. The van der Waals surface area contributed by atoms with E-state index in [-0.39, 0.29) is 27.9 Å². The van der Waals surface area contributed by atoms with Gasteiger partial charge in [-0.05, 0) is 53.7 Å². The first-order valence-corrected chi connectivity index (χ1v) is 9.14.